The largest absolute Gasteiger partial charge is 0.444 e. The first-order chi connectivity index (χ1) is 6.31. The Morgan fingerprint density at radius 1 is 1.50 bits per heavy atom. The molecule has 0 bridgehead atoms. The van der Waals surface area contributed by atoms with E-state index in [0.717, 1.165) is 0 Å². The molecule has 1 heterocycles. The van der Waals surface area contributed by atoms with Crippen LogP contribution >= 0.6 is 0 Å². The zero-order chi connectivity index (χ0) is 10.9. The summed E-state index contributed by atoms with van der Waals surface area (Å²) in [5.74, 6) is 0. The first-order valence-corrected chi connectivity index (χ1v) is 4.99. The lowest BCUT2D eigenvalue weighted by Gasteiger charge is -2.27. The highest BCUT2D eigenvalue weighted by atomic mass is 16.6. The van der Waals surface area contributed by atoms with Gasteiger partial charge in [-0.15, -0.1) is 0 Å². The Kier molecular flexibility index (Phi) is 3.04. The van der Waals surface area contributed by atoms with Gasteiger partial charge >= 0.3 is 6.09 Å². The minimum Gasteiger partial charge on any atom is -0.444 e. The highest BCUT2D eigenvalue weighted by Gasteiger charge is 2.34. The summed E-state index contributed by atoms with van der Waals surface area (Å²) in [7, 11) is 0. The van der Waals surface area contributed by atoms with E-state index in [1.54, 1.807) is 4.90 Å². The average Bonchev–Trinajstić information content (AvgIpc) is 2.29. The first-order valence-electron chi connectivity index (χ1n) is 4.99. The summed E-state index contributed by atoms with van der Waals surface area (Å²) in [6.07, 6.45) is -0.107. The maximum absolute atomic E-state index is 11.6. The lowest BCUT2D eigenvalue weighted by Crippen LogP contribution is -2.40. The van der Waals surface area contributed by atoms with E-state index >= 15 is 0 Å². The van der Waals surface area contributed by atoms with E-state index in [1.165, 1.54) is 0 Å². The van der Waals surface area contributed by atoms with Crippen LogP contribution in [0.3, 0.4) is 0 Å². The molecule has 0 unspecified atom stereocenters. The van der Waals surface area contributed by atoms with Crippen LogP contribution in [0.2, 0.25) is 0 Å². The van der Waals surface area contributed by atoms with Crippen molar-refractivity contribution >= 4 is 6.09 Å². The molecular formula is C10H19NO3. The zero-order valence-electron chi connectivity index (χ0n) is 9.28. The van der Waals surface area contributed by atoms with Crippen molar-refractivity contribution in [1.82, 2.24) is 4.90 Å². The van der Waals surface area contributed by atoms with Gasteiger partial charge in [-0.3, -0.25) is 0 Å². The maximum atomic E-state index is 11.6. The third kappa shape index (κ3) is 2.61. The van der Waals surface area contributed by atoms with Crippen LogP contribution in [-0.2, 0) is 4.74 Å². The molecule has 14 heavy (non-hydrogen) atoms. The number of hydrogen-bond acceptors (Lipinski definition) is 3. The van der Waals surface area contributed by atoms with E-state index in [4.69, 9.17) is 4.74 Å². The van der Waals surface area contributed by atoms with E-state index < -0.39 is 11.7 Å². The quantitative estimate of drug-likeness (QED) is 0.644. The van der Waals surface area contributed by atoms with Gasteiger partial charge in [0.25, 0.3) is 0 Å². The average molecular weight is 201 g/mol. The minimum absolute atomic E-state index is 0.134. The second kappa shape index (κ2) is 3.77. The van der Waals surface area contributed by atoms with Crippen LogP contribution in [0.15, 0.2) is 0 Å². The van der Waals surface area contributed by atoms with Crippen LogP contribution in [-0.4, -0.2) is 40.4 Å². The number of aliphatic hydroxyl groups excluding tert-OH is 1. The van der Waals surface area contributed by atoms with E-state index in [2.05, 4.69) is 0 Å². The molecule has 1 saturated heterocycles. The van der Waals surface area contributed by atoms with Crippen LogP contribution < -0.4 is 0 Å². The molecule has 0 spiro atoms. The van der Waals surface area contributed by atoms with Gasteiger partial charge in [-0.2, -0.15) is 0 Å². The van der Waals surface area contributed by atoms with Crippen LogP contribution in [0.1, 0.15) is 34.1 Å². The molecule has 82 valence electrons. The molecule has 1 aliphatic heterocycles. The number of likely N-dealkylation sites (tertiary alicyclic amines) is 1. The summed E-state index contributed by atoms with van der Waals surface area (Å²) in [6, 6.07) is -0.134. The number of aliphatic hydroxyl groups is 1. The van der Waals surface area contributed by atoms with Crippen LogP contribution in [0.5, 0.6) is 0 Å². The SMILES string of the molecule is C[C@@H]1[C@H](O)CCN1C(=O)OC(C)(C)C. The fraction of sp³-hybridized carbons (Fsp3) is 0.900. The van der Waals surface area contributed by atoms with Crippen LogP contribution in [0.4, 0.5) is 4.79 Å². The van der Waals surface area contributed by atoms with Crippen molar-refractivity contribution in [2.45, 2.75) is 51.9 Å². The molecule has 4 heteroatoms. The van der Waals surface area contributed by atoms with Gasteiger partial charge in [-0.05, 0) is 34.1 Å². The van der Waals surface area contributed by atoms with Gasteiger partial charge < -0.3 is 14.7 Å². The second-order valence-electron chi connectivity index (χ2n) is 4.77. The molecule has 1 amide bonds. The fourth-order valence-electron chi connectivity index (χ4n) is 1.50. The van der Waals surface area contributed by atoms with E-state index in [-0.39, 0.29) is 12.1 Å². The van der Waals surface area contributed by atoms with Crippen LogP contribution in [0, 0.1) is 0 Å². The second-order valence-corrected chi connectivity index (χ2v) is 4.77. The Morgan fingerprint density at radius 2 is 2.07 bits per heavy atom. The number of ether oxygens (including phenoxy) is 1. The Bertz CT molecular complexity index is 222. The molecule has 1 N–H and O–H groups in total. The van der Waals surface area contributed by atoms with Crippen molar-refractivity contribution in [2.24, 2.45) is 0 Å². The maximum Gasteiger partial charge on any atom is 0.410 e. The first kappa shape index (κ1) is 11.3. The molecule has 0 aromatic heterocycles. The van der Waals surface area contributed by atoms with Gasteiger partial charge in [0, 0.05) is 6.54 Å². The lowest BCUT2D eigenvalue weighted by atomic mass is 10.2. The van der Waals surface area contributed by atoms with Crippen molar-refractivity contribution in [3.05, 3.63) is 0 Å². The van der Waals surface area contributed by atoms with Gasteiger partial charge in [-0.1, -0.05) is 0 Å². The molecule has 1 rings (SSSR count). The summed E-state index contributed by atoms with van der Waals surface area (Å²) >= 11 is 0. The Hall–Kier alpha value is -0.770. The van der Waals surface area contributed by atoms with Gasteiger partial charge in [0.2, 0.25) is 0 Å². The molecule has 1 aliphatic rings. The number of rotatable bonds is 0. The molecule has 0 aromatic rings. The zero-order valence-corrected chi connectivity index (χ0v) is 9.28. The molecule has 0 saturated carbocycles. The normalized spacial score (nSPS) is 27.9. The summed E-state index contributed by atoms with van der Waals surface area (Å²) in [6.45, 7) is 7.92. The predicted molar refractivity (Wildman–Crippen MR) is 53.0 cm³/mol. The van der Waals surface area contributed by atoms with Gasteiger partial charge in [0.15, 0.2) is 0 Å². The molecule has 0 radical (unpaired) electrons. The third-order valence-corrected chi connectivity index (χ3v) is 2.34. The summed E-state index contributed by atoms with van der Waals surface area (Å²) in [5, 5.41) is 9.47. The van der Waals surface area contributed by atoms with Crippen molar-refractivity contribution < 1.29 is 14.6 Å². The summed E-state index contributed by atoms with van der Waals surface area (Å²) in [5.41, 5.74) is -0.468. The summed E-state index contributed by atoms with van der Waals surface area (Å²) in [4.78, 5) is 13.2. The third-order valence-electron chi connectivity index (χ3n) is 2.34. The van der Waals surface area contributed by atoms with Crippen molar-refractivity contribution in [3.8, 4) is 0 Å². The van der Waals surface area contributed by atoms with Gasteiger partial charge in [-0.25, -0.2) is 4.79 Å². The Balaban J connectivity index is 2.54. The fourth-order valence-corrected chi connectivity index (χ4v) is 1.50. The minimum atomic E-state index is -0.468. The van der Waals surface area contributed by atoms with Crippen molar-refractivity contribution in [1.29, 1.82) is 0 Å². The highest BCUT2D eigenvalue weighted by Crippen LogP contribution is 2.20. The molecule has 4 nitrogen and oxygen atoms in total. The predicted octanol–water partition coefficient (Wildman–Crippen LogP) is 1.38. The topological polar surface area (TPSA) is 49.8 Å². The monoisotopic (exact) mass is 201 g/mol. The number of amides is 1. The van der Waals surface area contributed by atoms with Gasteiger partial charge in [0.1, 0.15) is 5.60 Å². The molecular weight excluding hydrogens is 182 g/mol. The van der Waals surface area contributed by atoms with E-state index in [0.29, 0.717) is 13.0 Å². The molecule has 2 atom stereocenters. The smallest absolute Gasteiger partial charge is 0.410 e. The number of carbonyl (C=O) groups is 1. The Morgan fingerprint density at radius 3 is 2.43 bits per heavy atom. The standard InChI is InChI=1S/C10H19NO3/c1-7-8(12)5-6-11(7)9(13)14-10(2,3)4/h7-8,12H,5-6H2,1-4H3/t7-,8-/m1/s1. The summed E-state index contributed by atoms with van der Waals surface area (Å²) < 4.78 is 5.22. The number of carbonyl (C=O) groups excluding carboxylic acids is 1. The van der Waals surface area contributed by atoms with E-state index in [1.807, 2.05) is 27.7 Å². The molecule has 0 aromatic carbocycles. The van der Waals surface area contributed by atoms with Crippen molar-refractivity contribution in [2.75, 3.05) is 6.54 Å². The lowest BCUT2D eigenvalue weighted by molar-refractivity contribution is 0.0178. The Labute approximate surface area is 84.8 Å². The molecule has 0 aliphatic carbocycles. The van der Waals surface area contributed by atoms with Crippen molar-refractivity contribution in [3.63, 3.8) is 0 Å². The van der Waals surface area contributed by atoms with Crippen LogP contribution in [0.25, 0.3) is 0 Å². The van der Waals surface area contributed by atoms with Gasteiger partial charge in [0.05, 0.1) is 12.1 Å². The molecule has 1 fully saturated rings. The number of nitrogens with zero attached hydrogens (tertiary/aromatic N) is 1. The van der Waals surface area contributed by atoms with E-state index in [9.17, 15) is 9.90 Å². The highest BCUT2D eigenvalue weighted by molar-refractivity contribution is 5.69. The number of hydrogen-bond donors (Lipinski definition) is 1.